The molecule has 0 spiro atoms. The second kappa shape index (κ2) is 44.1. The Morgan fingerprint density at radius 2 is 0.256 bits per heavy atom. The summed E-state index contributed by atoms with van der Waals surface area (Å²) in [5.74, 6) is 0. The van der Waals surface area contributed by atoms with E-state index < -0.39 is 0 Å². The topological polar surface area (TPSA) is 3.24 Å². The summed E-state index contributed by atoms with van der Waals surface area (Å²) in [6.07, 6.45) is 54.9. The maximum Gasteiger partial charge on any atom is -0.0140 e. The number of rotatable bonds is 36. The molecule has 0 aromatic heterocycles. The number of hydrogen-bond acceptors (Lipinski definition) is 1. The molecule has 0 aliphatic heterocycles. The maximum absolute atomic E-state index is 2.31. The lowest BCUT2D eigenvalue weighted by molar-refractivity contribution is 0.505. The van der Waals surface area contributed by atoms with Crippen LogP contribution in [0.4, 0.5) is 0 Å². The first kappa shape index (κ1) is 45.1. The molecular weight excluding hydrogens is 518 g/mol. The molecule has 0 aliphatic carbocycles. The molecule has 0 fully saturated rings. The second-order valence-electron chi connectivity index (χ2n) is 14.7. The third-order valence-electron chi connectivity index (χ3n) is 9.21. The van der Waals surface area contributed by atoms with Crippen molar-refractivity contribution in [3.63, 3.8) is 0 Å². The van der Waals surface area contributed by atoms with Crippen LogP contribution < -0.4 is 0 Å². The van der Waals surface area contributed by atoms with E-state index in [1.165, 1.54) is 238 Å². The summed E-state index contributed by atoms with van der Waals surface area (Å²) in [5.41, 5.74) is 0. The number of nitrogens with zero attached hydrogens (tertiary/aromatic N) is 1. The summed E-state index contributed by atoms with van der Waals surface area (Å²) in [7, 11) is 6.00. The highest BCUT2D eigenvalue weighted by Crippen LogP contribution is 2.17. The van der Waals surface area contributed by atoms with Gasteiger partial charge in [-0.1, -0.05) is 251 Å². The largest absolute Gasteiger partial charge is 0.312 e. The third kappa shape index (κ3) is 51.8. The fourth-order valence-corrected chi connectivity index (χ4v) is 6.33. The Labute approximate surface area is 276 Å². The van der Waals surface area contributed by atoms with Gasteiger partial charge in [0.15, 0.2) is 0 Å². The predicted molar refractivity (Wildman–Crippen MR) is 202 cm³/mol. The molecule has 0 amide bonds. The SMILES string of the molecule is CCCCCCCCCCCCCCCCCCCCCCCCCCCCCCCCCCCCCCC.CN(C)C. The van der Waals surface area contributed by atoms with E-state index >= 15 is 0 Å². The van der Waals surface area contributed by atoms with Crippen molar-refractivity contribution in [3.8, 4) is 0 Å². The van der Waals surface area contributed by atoms with Gasteiger partial charge in [-0.2, -0.15) is 0 Å². The quantitative estimate of drug-likeness (QED) is 0.0640. The van der Waals surface area contributed by atoms with Gasteiger partial charge < -0.3 is 4.90 Å². The van der Waals surface area contributed by atoms with E-state index in [9.17, 15) is 0 Å². The van der Waals surface area contributed by atoms with Crippen LogP contribution in [-0.2, 0) is 0 Å². The van der Waals surface area contributed by atoms with Gasteiger partial charge in [0.1, 0.15) is 0 Å². The van der Waals surface area contributed by atoms with Crippen molar-refractivity contribution in [3.05, 3.63) is 0 Å². The zero-order valence-corrected chi connectivity index (χ0v) is 31.6. The van der Waals surface area contributed by atoms with Gasteiger partial charge in [-0.05, 0) is 21.1 Å². The van der Waals surface area contributed by atoms with Gasteiger partial charge in [0, 0.05) is 0 Å². The Morgan fingerprint density at radius 1 is 0.186 bits per heavy atom. The standard InChI is InChI=1S/C39H80.C3H9N/c1-3-5-7-9-11-13-15-17-19-21-23-25-27-29-31-33-35-37-39-38-36-34-32-30-28-26-24-22-20-18-16-14-12-10-8-6-4-2;1-4(2)3/h3-39H2,1-2H3;1-3H3. The van der Waals surface area contributed by atoms with Crippen molar-refractivity contribution in [1.82, 2.24) is 4.90 Å². The molecule has 0 heterocycles. The molecule has 262 valence electrons. The van der Waals surface area contributed by atoms with Crippen molar-refractivity contribution in [1.29, 1.82) is 0 Å². The second-order valence-corrected chi connectivity index (χ2v) is 14.7. The predicted octanol–water partition coefficient (Wildman–Crippen LogP) is 15.6. The number of hydrogen-bond donors (Lipinski definition) is 0. The summed E-state index contributed by atoms with van der Waals surface area (Å²) in [6.45, 7) is 4.62. The van der Waals surface area contributed by atoms with Crippen LogP contribution in [-0.4, -0.2) is 26.0 Å². The van der Waals surface area contributed by atoms with Crippen LogP contribution in [0.1, 0.15) is 251 Å². The monoisotopic (exact) mass is 608 g/mol. The van der Waals surface area contributed by atoms with Crippen molar-refractivity contribution < 1.29 is 0 Å². The molecule has 0 unspecified atom stereocenters. The third-order valence-corrected chi connectivity index (χ3v) is 9.21. The van der Waals surface area contributed by atoms with E-state index in [1.54, 1.807) is 0 Å². The fourth-order valence-electron chi connectivity index (χ4n) is 6.33. The highest BCUT2D eigenvalue weighted by Gasteiger charge is 1.97. The van der Waals surface area contributed by atoms with Gasteiger partial charge in [0.05, 0.1) is 0 Å². The maximum atomic E-state index is 2.31. The highest BCUT2D eigenvalue weighted by atomic mass is 15.0. The average molecular weight is 608 g/mol. The van der Waals surface area contributed by atoms with Crippen molar-refractivity contribution in [2.75, 3.05) is 21.1 Å². The van der Waals surface area contributed by atoms with E-state index in [-0.39, 0.29) is 0 Å². The van der Waals surface area contributed by atoms with Crippen molar-refractivity contribution in [2.24, 2.45) is 0 Å². The smallest absolute Gasteiger partial charge is 0.0140 e. The van der Waals surface area contributed by atoms with Crippen LogP contribution in [0.25, 0.3) is 0 Å². The summed E-state index contributed by atoms with van der Waals surface area (Å²) in [5, 5.41) is 0. The van der Waals surface area contributed by atoms with Gasteiger partial charge >= 0.3 is 0 Å². The summed E-state index contributed by atoms with van der Waals surface area (Å²) < 4.78 is 0. The first-order chi connectivity index (χ1) is 21.1. The summed E-state index contributed by atoms with van der Waals surface area (Å²) in [4.78, 5) is 2.00. The van der Waals surface area contributed by atoms with Gasteiger partial charge in [0.2, 0.25) is 0 Å². The fraction of sp³-hybridized carbons (Fsp3) is 1.00. The van der Waals surface area contributed by atoms with Gasteiger partial charge in [-0.15, -0.1) is 0 Å². The zero-order chi connectivity index (χ0) is 31.7. The molecule has 0 aromatic carbocycles. The molecule has 0 saturated heterocycles. The molecule has 0 radical (unpaired) electrons. The van der Waals surface area contributed by atoms with E-state index in [4.69, 9.17) is 0 Å². The first-order valence-electron chi connectivity index (χ1n) is 20.8. The molecular formula is C42H89N. The molecule has 0 atom stereocenters. The lowest BCUT2D eigenvalue weighted by atomic mass is 10.0. The van der Waals surface area contributed by atoms with Crippen molar-refractivity contribution in [2.45, 2.75) is 251 Å². The van der Waals surface area contributed by atoms with Crippen LogP contribution in [0, 0.1) is 0 Å². The summed E-state index contributed by atoms with van der Waals surface area (Å²) in [6, 6.07) is 0. The Kier molecular flexibility index (Phi) is 46.2. The van der Waals surface area contributed by atoms with Crippen LogP contribution in [0.2, 0.25) is 0 Å². The molecule has 1 nitrogen and oxygen atoms in total. The van der Waals surface area contributed by atoms with Gasteiger partial charge in [-0.3, -0.25) is 0 Å². The highest BCUT2D eigenvalue weighted by molar-refractivity contribution is 4.53. The van der Waals surface area contributed by atoms with E-state index in [2.05, 4.69) is 13.8 Å². The Balaban J connectivity index is 0. The zero-order valence-electron chi connectivity index (χ0n) is 31.6. The minimum Gasteiger partial charge on any atom is -0.312 e. The molecule has 1 heteroatoms. The van der Waals surface area contributed by atoms with Crippen LogP contribution in [0.3, 0.4) is 0 Å². The minimum absolute atomic E-state index is 1.37. The summed E-state index contributed by atoms with van der Waals surface area (Å²) >= 11 is 0. The molecule has 0 rings (SSSR count). The van der Waals surface area contributed by atoms with Gasteiger partial charge in [-0.25, -0.2) is 0 Å². The van der Waals surface area contributed by atoms with E-state index in [0.717, 1.165) is 0 Å². The molecule has 43 heavy (non-hydrogen) atoms. The van der Waals surface area contributed by atoms with Crippen molar-refractivity contribution >= 4 is 0 Å². The van der Waals surface area contributed by atoms with Gasteiger partial charge in [0.25, 0.3) is 0 Å². The lowest BCUT2D eigenvalue weighted by Crippen LogP contribution is -1.99. The Morgan fingerprint density at radius 3 is 0.326 bits per heavy atom. The minimum atomic E-state index is 1.37. The van der Waals surface area contributed by atoms with Crippen LogP contribution in [0.5, 0.6) is 0 Å². The molecule has 0 bridgehead atoms. The first-order valence-corrected chi connectivity index (χ1v) is 20.8. The molecule has 0 saturated carbocycles. The number of unbranched alkanes of at least 4 members (excludes halogenated alkanes) is 36. The molecule has 0 aliphatic rings. The van der Waals surface area contributed by atoms with E-state index in [1.807, 2.05) is 26.0 Å². The lowest BCUT2D eigenvalue weighted by Gasteiger charge is -2.05. The molecule has 0 N–H and O–H groups in total. The normalized spacial score (nSPS) is 11.3. The van der Waals surface area contributed by atoms with Crippen LogP contribution in [0.15, 0.2) is 0 Å². The van der Waals surface area contributed by atoms with E-state index in [0.29, 0.717) is 0 Å². The molecule has 0 aromatic rings. The average Bonchev–Trinajstić information content (AvgIpc) is 2.99. The van der Waals surface area contributed by atoms with Crippen LogP contribution >= 0.6 is 0 Å². The Bertz CT molecular complexity index is 392. The Hall–Kier alpha value is -0.0400.